The highest BCUT2D eigenvalue weighted by atomic mass is 14.9. The molecule has 0 saturated heterocycles. The Morgan fingerprint density at radius 2 is 2.13 bits per heavy atom. The van der Waals surface area contributed by atoms with Gasteiger partial charge in [0.2, 0.25) is 0 Å². The minimum absolute atomic E-state index is 0.343. The molecule has 3 nitrogen and oxygen atoms in total. The van der Waals surface area contributed by atoms with Gasteiger partial charge in [0.1, 0.15) is 5.82 Å². The monoisotopic (exact) mass is 207 g/mol. The zero-order valence-corrected chi connectivity index (χ0v) is 10.2. The minimum atomic E-state index is 0.343. The molecule has 1 rings (SSSR count). The normalized spacial score (nSPS) is 12.8. The summed E-state index contributed by atoms with van der Waals surface area (Å²) in [5, 5.41) is 3.45. The molecule has 1 aromatic heterocycles. The maximum Gasteiger partial charge on any atom is 0.128 e. The van der Waals surface area contributed by atoms with E-state index in [4.69, 9.17) is 0 Å². The van der Waals surface area contributed by atoms with Gasteiger partial charge in [-0.2, -0.15) is 0 Å². The summed E-state index contributed by atoms with van der Waals surface area (Å²) in [6.07, 6.45) is 4.00. The minimum Gasteiger partial charge on any atom is -0.310 e. The van der Waals surface area contributed by atoms with Gasteiger partial charge in [-0.15, -0.1) is 0 Å². The molecule has 1 unspecified atom stereocenters. The van der Waals surface area contributed by atoms with Crippen LogP contribution in [0, 0.1) is 6.92 Å². The molecule has 1 N–H and O–H groups in total. The largest absolute Gasteiger partial charge is 0.310 e. The highest BCUT2D eigenvalue weighted by molar-refractivity contribution is 5.19. The van der Waals surface area contributed by atoms with Crippen LogP contribution in [0.1, 0.15) is 50.3 Å². The Kier molecular flexibility index (Phi) is 4.69. The van der Waals surface area contributed by atoms with Gasteiger partial charge in [-0.25, -0.2) is 9.97 Å². The van der Waals surface area contributed by atoms with Gasteiger partial charge < -0.3 is 5.32 Å². The second-order valence-electron chi connectivity index (χ2n) is 3.86. The van der Waals surface area contributed by atoms with E-state index in [1.165, 1.54) is 5.56 Å². The molecule has 0 saturated carbocycles. The van der Waals surface area contributed by atoms with Gasteiger partial charge >= 0.3 is 0 Å². The molecule has 0 radical (unpaired) electrons. The van der Waals surface area contributed by atoms with Crippen molar-refractivity contribution < 1.29 is 0 Å². The maximum atomic E-state index is 4.47. The molecule has 0 fully saturated rings. The second-order valence-corrected chi connectivity index (χ2v) is 3.86. The van der Waals surface area contributed by atoms with E-state index in [2.05, 4.69) is 43.0 Å². The van der Waals surface area contributed by atoms with Crippen LogP contribution in [0.25, 0.3) is 0 Å². The molecule has 0 bridgehead atoms. The van der Waals surface area contributed by atoms with Crippen LogP contribution in [0.3, 0.4) is 0 Å². The Hall–Kier alpha value is -0.960. The lowest BCUT2D eigenvalue weighted by atomic mass is 10.1. The van der Waals surface area contributed by atoms with Crippen molar-refractivity contribution in [2.24, 2.45) is 0 Å². The molecule has 1 heterocycles. The van der Waals surface area contributed by atoms with E-state index in [-0.39, 0.29) is 0 Å². The zero-order valence-electron chi connectivity index (χ0n) is 10.2. The lowest BCUT2D eigenvalue weighted by Gasteiger charge is -2.15. The number of hydrogen-bond donors (Lipinski definition) is 1. The summed E-state index contributed by atoms with van der Waals surface area (Å²) < 4.78 is 0. The predicted octanol–water partition coefficient (Wildman–Crippen LogP) is 2.41. The quantitative estimate of drug-likeness (QED) is 0.805. The topological polar surface area (TPSA) is 37.8 Å². The molecular weight excluding hydrogens is 186 g/mol. The number of nitrogens with zero attached hydrogens (tertiary/aromatic N) is 2. The molecule has 1 atom stereocenters. The molecule has 15 heavy (non-hydrogen) atoms. The average molecular weight is 207 g/mol. The van der Waals surface area contributed by atoms with E-state index in [0.29, 0.717) is 6.04 Å². The fraction of sp³-hybridized carbons (Fsp3) is 0.667. The fourth-order valence-corrected chi connectivity index (χ4v) is 1.59. The molecule has 0 aliphatic rings. The molecule has 0 amide bonds. The summed E-state index contributed by atoms with van der Waals surface area (Å²) in [7, 11) is 0. The molecule has 0 aromatic carbocycles. The third kappa shape index (κ3) is 3.27. The predicted molar refractivity (Wildman–Crippen MR) is 62.9 cm³/mol. The van der Waals surface area contributed by atoms with Crippen molar-refractivity contribution in [1.29, 1.82) is 0 Å². The van der Waals surface area contributed by atoms with Crippen LogP contribution in [0.15, 0.2) is 6.20 Å². The Balaban J connectivity index is 2.76. The molecule has 3 heteroatoms. The second kappa shape index (κ2) is 5.81. The highest BCUT2D eigenvalue weighted by Gasteiger charge is 2.09. The van der Waals surface area contributed by atoms with Crippen molar-refractivity contribution in [3.63, 3.8) is 0 Å². The first-order valence-corrected chi connectivity index (χ1v) is 5.74. The Morgan fingerprint density at radius 1 is 1.40 bits per heavy atom. The van der Waals surface area contributed by atoms with Gasteiger partial charge in [0.15, 0.2) is 0 Å². The highest BCUT2D eigenvalue weighted by Crippen LogP contribution is 2.14. The van der Waals surface area contributed by atoms with Crippen molar-refractivity contribution >= 4 is 0 Å². The van der Waals surface area contributed by atoms with Crippen molar-refractivity contribution in [2.75, 3.05) is 6.54 Å². The van der Waals surface area contributed by atoms with E-state index in [9.17, 15) is 0 Å². The Bertz CT molecular complexity index is 310. The van der Waals surface area contributed by atoms with Crippen molar-refractivity contribution in [2.45, 2.75) is 46.6 Å². The van der Waals surface area contributed by atoms with Crippen molar-refractivity contribution in [3.05, 3.63) is 23.3 Å². The third-order valence-corrected chi connectivity index (χ3v) is 2.55. The van der Waals surface area contributed by atoms with E-state index in [1.54, 1.807) is 0 Å². The van der Waals surface area contributed by atoms with Crippen molar-refractivity contribution in [1.82, 2.24) is 15.3 Å². The SMILES string of the molecule is CCCNC(C)c1cnc(CC)nc1C. The van der Waals surface area contributed by atoms with E-state index < -0.39 is 0 Å². The lowest BCUT2D eigenvalue weighted by Crippen LogP contribution is -2.21. The number of nitrogens with one attached hydrogen (secondary N) is 1. The Labute approximate surface area is 92.3 Å². The lowest BCUT2D eigenvalue weighted by molar-refractivity contribution is 0.563. The van der Waals surface area contributed by atoms with Crippen LogP contribution in [0.4, 0.5) is 0 Å². The molecule has 0 aliphatic heterocycles. The van der Waals surface area contributed by atoms with E-state index in [0.717, 1.165) is 30.9 Å². The first kappa shape index (κ1) is 12.1. The zero-order chi connectivity index (χ0) is 11.3. The first-order valence-electron chi connectivity index (χ1n) is 5.74. The van der Waals surface area contributed by atoms with Gasteiger partial charge in [-0.3, -0.25) is 0 Å². The standard InChI is InChI=1S/C12H21N3/c1-5-7-13-9(3)11-8-14-12(6-2)15-10(11)4/h8-9,13H,5-7H2,1-4H3. The molecular formula is C12H21N3. The summed E-state index contributed by atoms with van der Waals surface area (Å²) in [6.45, 7) is 9.50. The van der Waals surface area contributed by atoms with Crippen LogP contribution in [0.2, 0.25) is 0 Å². The maximum absolute atomic E-state index is 4.47. The van der Waals surface area contributed by atoms with Gasteiger partial charge in [-0.05, 0) is 26.8 Å². The van der Waals surface area contributed by atoms with Gasteiger partial charge in [0.05, 0.1) is 0 Å². The smallest absolute Gasteiger partial charge is 0.128 e. The number of hydrogen-bond acceptors (Lipinski definition) is 3. The summed E-state index contributed by atoms with van der Waals surface area (Å²) in [5.41, 5.74) is 2.30. The van der Waals surface area contributed by atoms with E-state index in [1.807, 2.05) is 6.20 Å². The Morgan fingerprint density at radius 3 is 2.67 bits per heavy atom. The summed E-state index contributed by atoms with van der Waals surface area (Å²) in [6, 6.07) is 0.343. The first-order chi connectivity index (χ1) is 7.19. The van der Waals surface area contributed by atoms with Gasteiger partial charge in [-0.1, -0.05) is 13.8 Å². The van der Waals surface area contributed by atoms with Crippen LogP contribution in [0.5, 0.6) is 0 Å². The number of rotatable bonds is 5. The van der Waals surface area contributed by atoms with Crippen LogP contribution < -0.4 is 5.32 Å². The number of aryl methyl sites for hydroxylation is 2. The fourth-order valence-electron chi connectivity index (χ4n) is 1.59. The van der Waals surface area contributed by atoms with Crippen molar-refractivity contribution in [3.8, 4) is 0 Å². The van der Waals surface area contributed by atoms with Crippen LogP contribution >= 0.6 is 0 Å². The van der Waals surface area contributed by atoms with Crippen LogP contribution in [-0.4, -0.2) is 16.5 Å². The summed E-state index contributed by atoms with van der Waals surface area (Å²) in [4.78, 5) is 8.81. The van der Waals surface area contributed by atoms with Gasteiger partial charge in [0.25, 0.3) is 0 Å². The van der Waals surface area contributed by atoms with Crippen LogP contribution in [-0.2, 0) is 6.42 Å². The molecule has 0 aliphatic carbocycles. The summed E-state index contributed by atoms with van der Waals surface area (Å²) >= 11 is 0. The average Bonchev–Trinajstić information content (AvgIpc) is 2.25. The molecule has 1 aromatic rings. The summed E-state index contributed by atoms with van der Waals surface area (Å²) in [5.74, 6) is 0.930. The number of aromatic nitrogens is 2. The third-order valence-electron chi connectivity index (χ3n) is 2.55. The molecule has 0 spiro atoms. The van der Waals surface area contributed by atoms with E-state index >= 15 is 0 Å². The van der Waals surface area contributed by atoms with Gasteiger partial charge in [0, 0.05) is 29.9 Å². The molecule has 84 valence electrons.